The summed E-state index contributed by atoms with van der Waals surface area (Å²) in [7, 11) is 2.52. The fourth-order valence-corrected chi connectivity index (χ4v) is 1.15. The molecule has 0 heterocycles. The lowest BCUT2D eigenvalue weighted by Gasteiger charge is -2.11. The van der Waals surface area contributed by atoms with Crippen LogP contribution in [0.4, 0.5) is 10.1 Å². The van der Waals surface area contributed by atoms with Gasteiger partial charge in [0.1, 0.15) is 11.3 Å². The lowest BCUT2D eigenvalue weighted by Crippen LogP contribution is -2.09. The summed E-state index contributed by atoms with van der Waals surface area (Å²) in [4.78, 5) is 10.7. The predicted molar refractivity (Wildman–Crippen MR) is 50.9 cm³/mol. The Balaban J connectivity index is 3.53. The largest absolute Gasteiger partial charge is 0.494 e. The average molecular weight is 215 g/mol. The molecule has 0 atom stereocenters. The van der Waals surface area contributed by atoms with Crippen LogP contribution in [-0.4, -0.2) is 25.3 Å². The van der Waals surface area contributed by atoms with Crippen LogP contribution in [-0.2, 0) is 0 Å². The van der Waals surface area contributed by atoms with Crippen molar-refractivity contribution in [2.75, 3.05) is 20.0 Å². The van der Waals surface area contributed by atoms with Gasteiger partial charge in [0.25, 0.3) is 0 Å². The number of ether oxygens (including phenoxy) is 2. The molecule has 0 bridgehead atoms. The average Bonchev–Trinajstić information content (AvgIpc) is 2.18. The lowest BCUT2D eigenvalue weighted by molar-refractivity contribution is 0.0692. The van der Waals surface area contributed by atoms with E-state index < -0.39 is 17.3 Å². The van der Waals surface area contributed by atoms with Crippen molar-refractivity contribution in [2.45, 2.75) is 0 Å². The molecule has 0 aliphatic rings. The number of methoxy groups -OCH3 is 2. The van der Waals surface area contributed by atoms with Crippen LogP contribution in [0.2, 0.25) is 0 Å². The van der Waals surface area contributed by atoms with Gasteiger partial charge in [0.15, 0.2) is 11.6 Å². The quantitative estimate of drug-likeness (QED) is 0.738. The molecule has 0 unspecified atom stereocenters. The van der Waals surface area contributed by atoms with Gasteiger partial charge in [0.05, 0.1) is 19.9 Å². The minimum atomic E-state index is -1.47. The highest BCUT2D eigenvalue weighted by Gasteiger charge is 2.22. The summed E-state index contributed by atoms with van der Waals surface area (Å²) in [5.74, 6) is -2.64. The second-order valence-electron chi connectivity index (χ2n) is 2.69. The van der Waals surface area contributed by atoms with Crippen LogP contribution in [0, 0.1) is 5.82 Å². The third-order valence-corrected chi connectivity index (χ3v) is 1.89. The molecule has 1 rings (SSSR count). The van der Waals surface area contributed by atoms with Gasteiger partial charge in [-0.05, 0) is 0 Å². The number of hydrogen-bond donors (Lipinski definition) is 2. The Morgan fingerprint density at radius 3 is 2.33 bits per heavy atom. The molecule has 1 aromatic carbocycles. The van der Waals surface area contributed by atoms with Gasteiger partial charge in [-0.2, -0.15) is 0 Å². The van der Waals surface area contributed by atoms with Crippen LogP contribution in [0.15, 0.2) is 6.07 Å². The standard InChI is InChI=1S/C9H10FNO4/c1-14-4-3-5(15-2)8(11)6(7(4)10)9(12)13/h3H,11H2,1-2H3,(H,12,13). The summed E-state index contributed by atoms with van der Waals surface area (Å²) in [6.07, 6.45) is 0. The number of carboxylic acid groups (broad SMARTS) is 1. The highest BCUT2D eigenvalue weighted by molar-refractivity contribution is 5.96. The number of nitrogen functional groups attached to an aromatic ring is 1. The minimum absolute atomic E-state index is 0.0608. The maximum atomic E-state index is 13.5. The van der Waals surface area contributed by atoms with Crippen molar-refractivity contribution in [1.29, 1.82) is 0 Å². The first-order valence-electron chi connectivity index (χ1n) is 3.96. The summed E-state index contributed by atoms with van der Waals surface area (Å²) < 4.78 is 22.9. The first-order chi connectivity index (χ1) is 7.02. The Morgan fingerprint density at radius 1 is 1.40 bits per heavy atom. The Labute approximate surface area is 85.2 Å². The topological polar surface area (TPSA) is 81.8 Å². The number of carbonyl (C=O) groups is 1. The highest BCUT2D eigenvalue weighted by Crippen LogP contribution is 2.34. The number of halogens is 1. The molecule has 0 amide bonds. The zero-order chi connectivity index (χ0) is 11.6. The summed E-state index contributed by atoms with van der Waals surface area (Å²) in [5.41, 5.74) is 4.51. The van der Waals surface area contributed by atoms with E-state index in [1.165, 1.54) is 20.3 Å². The van der Waals surface area contributed by atoms with E-state index in [2.05, 4.69) is 4.74 Å². The number of carboxylic acids is 1. The van der Waals surface area contributed by atoms with Crippen molar-refractivity contribution in [3.05, 3.63) is 17.4 Å². The van der Waals surface area contributed by atoms with Gasteiger partial charge < -0.3 is 20.3 Å². The molecule has 3 N–H and O–H groups in total. The smallest absolute Gasteiger partial charge is 0.341 e. The summed E-state index contributed by atoms with van der Waals surface area (Å²) in [6, 6.07) is 1.19. The number of benzene rings is 1. The molecule has 0 saturated heterocycles. The summed E-state index contributed by atoms with van der Waals surface area (Å²) >= 11 is 0. The van der Waals surface area contributed by atoms with E-state index in [4.69, 9.17) is 15.6 Å². The van der Waals surface area contributed by atoms with Crippen molar-refractivity contribution in [1.82, 2.24) is 0 Å². The van der Waals surface area contributed by atoms with Crippen LogP contribution in [0.25, 0.3) is 0 Å². The number of rotatable bonds is 3. The van der Waals surface area contributed by atoms with Crippen molar-refractivity contribution >= 4 is 11.7 Å². The molecule has 0 spiro atoms. The number of nitrogens with two attached hydrogens (primary N) is 1. The van der Waals surface area contributed by atoms with Crippen LogP contribution in [0.1, 0.15) is 10.4 Å². The van der Waals surface area contributed by atoms with E-state index in [1.54, 1.807) is 0 Å². The van der Waals surface area contributed by atoms with E-state index in [1.807, 2.05) is 0 Å². The van der Waals surface area contributed by atoms with E-state index in [0.717, 1.165) is 0 Å². The van der Waals surface area contributed by atoms with Crippen molar-refractivity contribution in [3.63, 3.8) is 0 Å². The number of aromatic carboxylic acids is 1. The van der Waals surface area contributed by atoms with Crippen LogP contribution in [0.3, 0.4) is 0 Å². The van der Waals surface area contributed by atoms with Crippen LogP contribution >= 0.6 is 0 Å². The SMILES string of the molecule is COc1cc(OC)c(F)c(C(=O)O)c1N. The molecule has 5 nitrogen and oxygen atoms in total. The van der Waals surface area contributed by atoms with Gasteiger partial charge in [-0.1, -0.05) is 0 Å². The molecular weight excluding hydrogens is 205 g/mol. The second-order valence-corrected chi connectivity index (χ2v) is 2.69. The third-order valence-electron chi connectivity index (χ3n) is 1.89. The summed E-state index contributed by atoms with van der Waals surface area (Å²) in [6.45, 7) is 0. The Hall–Kier alpha value is -1.98. The third kappa shape index (κ3) is 1.78. The number of anilines is 1. The monoisotopic (exact) mass is 215 g/mol. The molecular formula is C9H10FNO4. The zero-order valence-corrected chi connectivity index (χ0v) is 8.20. The van der Waals surface area contributed by atoms with Crippen molar-refractivity contribution in [2.24, 2.45) is 0 Å². The van der Waals surface area contributed by atoms with E-state index in [9.17, 15) is 9.18 Å². The van der Waals surface area contributed by atoms with Crippen molar-refractivity contribution < 1.29 is 23.8 Å². The van der Waals surface area contributed by atoms with E-state index in [0.29, 0.717) is 0 Å². The molecule has 15 heavy (non-hydrogen) atoms. The molecule has 0 aliphatic carbocycles. The molecule has 0 saturated carbocycles. The normalized spacial score (nSPS) is 9.80. The van der Waals surface area contributed by atoms with Crippen LogP contribution < -0.4 is 15.2 Å². The minimum Gasteiger partial charge on any atom is -0.494 e. The maximum Gasteiger partial charge on any atom is 0.341 e. The molecule has 6 heteroatoms. The molecule has 82 valence electrons. The molecule has 0 aromatic heterocycles. The summed E-state index contributed by atoms with van der Waals surface area (Å²) in [5, 5.41) is 8.76. The first kappa shape index (κ1) is 11.1. The van der Waals surface area contributed by atoms with Gasteiger partial charge in [-0.3, -0.25) is 0 Å². The van der Waals surface area contributed by atoms with E-state index >= 15 is 0 Å². The predicted octanol–water partition coefficient (Wildman–Crippen LogP) is 1.12. The first-order valence-corrected chi connectivity index (χ1v) is 3.96. The maximum absolute atomic E-state index is 13.5. The Bertz CT molecular complexity index is 377. The van der Waals surface area contributed by atoms with Gasteiger partial charge in [0, 0.05) is 6.07 Å². The lowest BCUT2D eigenvalue weighted by atomic mass is 10.1. The van der Waals surface area contributed by atoms with Gasteiger partial charge in [0.2, 0.25) is 0 Å². The van der Waals surface area contributed by atoms with E-state index in [-0.39, 0.29) is 17.2 Å². The Kier molecular flexibility index (Phi) is 2.99. The van der Waals surface area contributed by atoms with Gasteiger partial charge in [-0.25, -0.2) is 9.18 Å². The fraction of sp³-hybridized carbons (Fsp3) is 0.222. The fourth-order valence-electron chi connectivity index (χ4n) is 1.15. The van der Waals surface area contributed by atoms with Crippen molar-refractivity contribution in [3.8, 4) is 11.5 Å². The Morgan fingerprint density at radius 2 is 1.93 bits per heavy atom. The van der Waals surface area contributed by atoms with Crippen LogP contribution in [0.5, 0.6) is 11.5 Å². The number of hydrogen-bond acceptors (Lipinski definition) is 4. The van der Waals surface area contributed by atoms with Gasteiger partial charge in [-0.15, -0.1) is 0 Å². The molecule has 0 fully saturated rings. The highest BCUT2D eigenvalue weighted by atomic mass is 19.1. The molecule has 0 aliphatic heterocycles. The molecule has 1 aromatic rings. The zero-order valence-electron chi connectivity index (χ0n) is 8.20. The second kappa shape index (κ2) is 4.04. The molecule has 0 radical (unpaired) electrons. The van der Waals surface area contributed by atoms with Gasteiger partial charge >= 0.3 is 5.97 Å².